The van der Waals surface area contributed by atoms with Crippen molar-refractivity contribution in [2.45, 2.75) is 25.7 Å². The van der Waals surface area contributed by atoms with Gasteiger partial charge in [0.15, 0.2) is 0 Å². The Labute approximate surface area is 155 Å². The molecule has 0 spiro atoms. The molecule has 0 aliphatic heterocycles. The average Bonchev–Trinajstić information content (AvgIpc) is 2.70. The molecule has 26 heavy (non-hydrogen) atoms. The van der Waals surface area contributed by atoms with E-state index in [1.54, 1.807) is 0 Å². The van der Waals surface area contributed by atoms with E-state index in [1.165, 1.54) is 6.08 Å². The molecule has 0 fully saturated rings. The molecule has 2 aromatic carbocycles. The largest absolute Gasteiger partial charge is 0.494 e. The van der Waals surface area contributed by atoms with Crippen molar-refractivity contribution in [1.82, 2.24) is 0 Å². The molecule has 0 aliphatic rings. The summed E-state index contributed by atoms with van der Waals surface area (Å²) in [4.78, 5) is 15.3. The van der Waals surface area contributed by atoms with Gasteiger partial charge in [0.2, 0.25) is 0 Å². The summed E-state index contributed by atoms with van der Waals surface area (Å²) in [5.74, 6) is 0.494. The van der Waals surface area contributed by atoms with E-state index in [9.17, 15) is 4.79 Å². The summed E-state index contributed by atoms with van der Waals surface area (Å²) in [6.45, 7) is 4.49. The van der Waals surface area contributed by atoms with Gasteiger partial charge in [0, 0.05) is 12.3 Å². The van der Waals surface area contributed by atoms with Gasteiger partial charge >= 0.3 is 5.97 Å². The summed E-state index contributed by atoms with van der Waals surface area (Å²) >= 11 is 0. The SMILES string of the molecule is C=CC(=O)OCCCCCCOc1ccc(N=Cc2ccccc2)cc1. The van der Waals surface area contributed by atoms with Gasteiger partial charge in [-0.3, -0.25) is 4.99 Å². The molecule has 0 N–H and O–H groups in total. The fraction of sp³-hybridized carbons (Fsp3) is 0.273. The number of hydrogen-bond acceptors (Lipinski definition) is 4. The van der Waals surface area contributed by atoms with Crippen molar-refractivity contribution in [3.8, 4) is 5.75 Å². The second-order valence-electron chi connectivity index (χ2n) is 5.80. The van der Waals surface area contributed by atoms with Gasteiger partial charge in [0.1, 0.15) is 5.75 Å². The van der Waals surface area contributed by atoms with Crippen LogP contribution in [0.5, 0.6) is 5.75 Å². The van der Waals surface area contributed by atoms with Gasteiger partial charge in [-0.2, -0.15) is 0 Å². The first-order valence-electron chi connectivity index (χ1n) is 8.89. The number of rotatable bonds is 11. The number of unbranched alkanes of at least 4 members (excludes halogenated alkanes) is 3. The molecule has 2 aromatic rings. The van der Waals surface area contributed by atoms with Gasteiger partial charge in [-0.1, -0.05) is 36.9 Å². The molecule has 0 heterocycles. The van der Waals surface area contributed by atoms with Crippen molar-refractivity contribution in [3.05, 3.63) is 72.8 Å². The van der Waals surface area contributed by atoms with Crippen molar-refractivity contribution in [2.24, 2.45) is 4.99 Å². The zero-order valence-electron chi connectivity index (χ0n) is 15.0. The van der Waals surface area contributed by atoms with E-state index < -0.39 is 0 Å². The van der Waals surface area contributed by atoms with E-state index in [2.05, 4.69) is 11.6 Å². The minimum absolute atomic E-state index is 0.357. The molecule has 0 aliphatic carbocycles. The topological polar surface area (TPSA) is 47.9 Å². The van der Waals surface area contributed by atoms with Crippen LogP contribution in [-0.2, 0) is 9.53 Å². The number of benzene rings is 2. The first kappa shape index (κ1) is 19.4. The molecule has 0 saturated heterocycles. The van der Waals surface area contributed by atoms with Crippen LogP contribution in [0.1, 0.15) is 31.2 Å². The third-order valence-corrected chi connectivity index (χ3v) is 3.72. The summed E-state index contributed by atoms with van der Waals surface area (Å²) in [5, 5.41) is 0. The van der Waals surface area contributed by atoms with Crippen LogP contribution in [-0.4, -0.2) is 25.4 Å². The lowest BCUT2D eigenvalue weighted by atomic mass is 10.2. The minimum Gasteiger partial charge on any atom is -0.494 e. The Hall–Kier alpha value is -2.88. The Morgan fingerprint density at radius 2 is 1.62 bits per heavy atom. The van der Waals surface area contributed by atoms with Crippen molar-refractivity contribution in [3.63, 3.8) is 0 Å². The quantitative estimate of drug-likeness (QED) is 0.245. The Balaban J connectivity index is 1.60. The van der Waals surface area contributed by atoms with Crippen LogP contribution in [0.4, 0.5) is 5.69 Å². The smallest absolute Gasteiger partial charge is 0.330 e. The maximum atomic E-state index is 10.9. The number of aliphatic imine (C=N–C) groups is 1. The average molecular weight is 351 g/mol. The van der Waals surface area contributed by atoms with Crippen LogP contribution in [0.3, 0.4) is 0 Å². The molecule has 0 radical (unpaired) electrons. The maximum Gasteiger partial charge on any atom is 0.330 e. The predicted molar refractivity (Wildman–Crippen MR) is 105 cm³/mol. The maximum absolute atomic E-state index is 10.9. The normalized spacial score (nSPS) is 10.6. The highest BCUT2D eigenvalue weighted by atomic mass is 16.5. The van der Waals surface area contributed by atoms with Crippen molar-refractivity contribution in [1.29, 1.82) is 0 Å². The number of carbonyl (C=O) groups excluding carboxylic acids is 1. The van der Waals surface area contributed by atoms with Crippen LogP contribution >= 0.6 is 0 Å². The molecule has 4 heteroatoms. The lowest BCUT2D eigenvalue weighted by Gasteiger charge is -2.06. The van der Waals surface area contributed by atoms with E-state index in [0.29, 0.717) is 13.2 Å². The van der Waals surface area contributed by atoms with Gasteiger partial charge in [0.25, 0.3) is 0 Å². The second kappa shape index (κ2) is 11.6. The number of ether oxygens (including phenoxy) is 2. The standard InChI is InChI=1S/C22H25NO3/c1-2-22(24)26-17-9-4-3-8-16-25-21-14-12-20(13-15-21)23-18-19-10-6-5-7-11-19/h2,5-7,10-15,18H,1,3-4,8-9,16-17H2. The van der Waals surface area contributed by atoms with Crippen LogP contribution < -0.4 is 4.74 Å². The van der Waals surface area contributed by atoms with Crippen molar-refractivity contribution in [2.75, 3.05) is 13.2 Å². The third-order valence-electron chi connectivity index (χ3n) is 3.72. The molecule has 0 aromatic heterocycles. The molecular formula is C22H25NO3. The first-order chi connectivity index (χ1) is 12.8. The lowest BCUT2D eigenvalue weighted by Crippen LogP contribution is -2.02. The van der Waals surface area contributed by atoms with E-state index >= 15 is 0 Å². The summed E-state index contributed by atoms with van der Waals surface area (Å²) < 4.78 is 10.7. The fourth-order valence-electron chi connectivity index (χ4n) is 2.30. The highest BCUT2D eigenvalue weighted by molar-refractivity contribution is 5.82. The summed E-state index contributed by atoms with van der Waals surface area (Å²) in [6, 6.07) is 17.8. The Kier molecular flexibility index (Phi) is 8.70. The van der Waals surface area contributed by atoms with Gasteiger partial charge < -0.3 is 9.47 Å². The lowest BCUT2D eigenvalue weighted by molar-refractivity contribution is -0.137. The molecule has 136 valence electrons. The van der Waals surface area contributed by atoms with E-state index in [1.807, 2.05) is 60.8 Å². The zero-order chi connectivity index (χ0) is 18.5. The number of nitrogens with zero attached hydrogens (tertiary/aromatic N) is 1. The van der Waals surface area contributed by atoms with Crippen LogP contribution in [0.25, 0.3) is 0 Å². The number of esters is 1. The molecule has 0 atom stereocenters. The van der Waals surface area contributed by atoms with Crippen molar-refractivity contribution >= 4 is 17.9 Å². The van der Waals surface area contributed by atoms with E-state index in [-0.39, 0.29) is 5.97 Å². The summed E-state index contributed by atoms with van der Waals surface area (Å²) in [7, 11) is 0. The molecule has 2 rings (SSSR count). The summed E-state index contributed by atoms with van der Waals surface area (Å²) in [6.07, 6.45) is 6.94. The molecule has 0 unspecified atom stereocenters. The molecule has 4 nitrogen and oxygen atoms in total. The first-order valence-corrected chi connectivity index (χ1v) is 8.89. The molecule has 0 saturated carbocycles. The highest BCUT2D eigenvalue weighted by Gasteiger charge is 1.97. The second-order valence-corrected chi connectivity index (χ2v) is 5.80. The van der Waals surface area contributed by atoms with Gasteiger partial charge in [-0.05, 0) is 55.5 Å². The van der Waals surface area contributed by atoms with E-state index in [0.717, 1.165) is 42.7 Å². The number of hydrogen-bond donors (Lipinski definition) is 0. The Bertz CT molecular complexity index is 693. The van der Waals surface area contributed by atoms with Gasteiger partial charge in [0.05, 0.1) is 18.9 Å². The highest BCUT2D eigenvalue weighted by Crippen LogP contribution is 2.18. The predicted octanol–water partition coefficient (Wildman–Crippen LogP) is 5.11. The van der Waals surface area contributed by atoms with Crippen LogP contribution in [0.15, 0.2) is 72.2 Å². The Morgan fingerprint density at radius 3 is 2.31 bits per heavy atom. The van der Waals surface area contributed by atoms with Gasteiger partial charge in [-0.25, -0.2) is 4.79 Å². The zero-order valence-corrected chi connectivity index (χ0v) is 15.0. The van der Waals surface area contributed by atoms with Crippen LogP contribution in [0.2, 0.25) is 0 Å². The third kappa shape index (κ3) is 7.79. The molecular weight excluding hydrogens is 326 g/mol. The number of carbonyl (C=O) groups is 1. The van der Waals surface area contributed by atoms with Crippen LogP contribution in [0, 0.1) is 0 Å². The molecule has 0 bridgehead atoms. The van der Waals surface area contributed by atoms with Gasteiger partial charge in [-0.15, -0.1) is 0 Å². The minimum atomic E-state index is -0.357. The molecule has 0 amide bonds. The monoisotopic (exact) mass is 351 g/mol. The van der Waals surface area contributed by atoms with E-state index in [4.69, 9.17) is 9.47 Å². The summed E-state index contributed by atoms with van der Waals surface area (Å²) in [5.41, 5.74) is 1.97. The van der Waals surface area contributed by atoms with Crippen molar-refractivity contribution < 1.29 is 14.3 Å². The fourth-order valence-corrected chi connectivity index (χ4v) is 2.30. The Morgan fingerprint density at radius 1 is 0.923 bits per heavy atom.